The number of carbonyl (C=O) groups is 4. The Morgan fingerprint density at radius 3 is 2.28 bits per heavy atom. The summed E-state index contributed by atoms with van der Waals surface area (Å²) in [6.45, 7) is 3.19. The summed E-state index contributed by atoms with van der Waals surface area (Å²) in [6, 6.07) is 6.32. The van der Waals surface area contributed by atoms with Crippen LogP contribution in [0.4, 0.5) is 14.4 Å². The Labute approximate surface area is 215 Å². The minimum absolute atomic E-state index is 0.0956. The molecule has 10 nitrogen and oxygen atoms in total. The number of nitrogens with zero attached hydrogens (tertiary/aromatic N) is 5. The normalized spacial score (nSPS) is 22.9. The third kappa shape index (κ3) is 5.09. The minimum atomic E-state index is -0.816. The lowest BCUT2D eigenvalue weighted by atomic mass is 9.91. The van der Waals surface area contributed by atoms with Gasteiger partial charge in [-0.25, -0.2) is 14.4 Å². The highest BCUT2D eigenvalue weighted by molar-refractivity contribution is 6.30. The first kappa shape index (κ1) is 24.7. The van der Waals surface area contributed by atoms with Gasteiger partial charge in [-0.15, -0.1) is 0 Å². The molecule has 4 saturated heterocycles. The summed E-state index contributed by atoms with van der Waals surface area (Å²) >= 11 is 5.95. The Balaban J connectivity index is 1.10. The molecule has 4 aliphatic heterocycles. The van der Waals surface area contributed by atoms with Gasteiger partial charge in [0, 0.05) is 44.3 Å². The van der Waals surface area contributed by atoms with Crippen molar-refractivity contribution in [2.24, 2.45) is 5.92 Å². The second kappa shape index (κ2) is 10.5. The van der Waals surface area contributed by atoms with Crippen LogP contribution >= 0.6 is 11.6 Å². The Kier molecular flexibility index (Phi) is 7.22. The van der Waals surface area contributed by atoms with E-state index in [1.54, 1.807) is 14.7 Å². The Bertz CT molecular complexity index is 1010. The SMILES string of the molecule is O=C(ON1C(=O)C2CN(C(=O)N3CCCC3)CCN2C1=O)N1CCC(CCc2ccc(Cl)cc2)CC1. The number of urea groups is 2. The molecule has 1 unspecified atom stereocenters. The number of imide groups is 1. The Hall–Kier alpha value is -3.01. The molecule has 0 radical (unpaired) electrons. The second-order valence-electron chi connectivity index (χ2n) is 10.00. The zero-order chi connectivity index (χ0) is 25.2. The van der Waals surface area contributed by atoms with Crippen LogP contribution in [0.25, 0.3) is 0 Å². The second-order valence-corrected chi connectivity index (χ2v) is 10.4. The number of rotatable bonds is 4. The number of piperazine rings is 1. The molecular weight excluding hydrogens is 486 g/mol. The highest BCUT2D eigenvalue weighted by Crippen LogP contribution is 2.26. The van der Waals surface area contributed by atoms with Crippen LogP contribution in [0.15, 0.2) is 24.3 Å². The van der Waals surface area contributed by atoms with Crippen molar-refractivity contribution in [3.8, 4) is 0 Å². The molecule has 0 spiro atoms. The van der Waals surface area contributed by atoms with Gasteiger partial charge in [0.25, 0.3) is 5.91 Å². The molecule has 6 amide bonds. The zero-order valence-corrected chi connectivity index (χ0v) is 21.1. The third-order valence-electron chi connectivity index (χ3n) is 7.73. The van der Waals surface area contributed by atoms with E-state index >= 15 is 0 Å². The van der Waals surface area contributed by atoms with E-state index in [1.807, 2.05) is 24.3 Å². The van der Waals surface area contributed by atoms with Gasteiger partial charge >= 0.3 is 18.2 Å². The first-order valence-electron chi connectivity index (χ1n) is 12.8. The molecule has 4 fully saturated rings. The van der Waals surface area contributed by atoms with Gasteiger partial charge in [0.1, 0.15) is 6.04 Å². The standard InChI is InChI=1S/C25H32ClN5O5/c26-20-7-5-18(6-8-20)3-4-19-9-13-28(14-10-19)25(35)36-31-22(32)21-17-29(15-16-30(21)24(31)34)23(33)27-11-1-2-12-27/h5-8,19,21H,1-4,9-17H2. The highest BCUT2D eigenvalue weighted by Gasteiger charge is 2.51. The van der Waals surface area contributed by atoms with Crippen LogP contribution in [0.2, 0.25) is 5.02 Å². The van der Waals surface area contributed by atoms with Gasteiger partial charge in [-0.2, -0.15) is 0 Å². The first-order chi connectivity index (χ1) is 17.4. The summed E-state index contributed by atoms with van der Waals surface area (Å²) in [6.07, 6.45) is 4.94. The number of benzene rings is 1. The molecule has 36 heavy (non-hydrogen) atoms. The fraction of sp³-hybridized carbons (Fsp3) is 0.600. The number of hydrogen-bond donors (Lipinski definition) is 0. The maximum atomic E-state index is 13.0. The lowest BCUT2D eigenvalue weighted by Gasteiger charge is -2.36. The predicted molar refractivity (Wildman–Crippen MR) is 131 cm³/mol. The van der Waals surface area contributed by atoms with Crippen molar-refractivity contribution in [3.63, 3.8) is 0 Å². The highest BCUT2D eigenvalue weighted by atomic mass is 35.5. The summed E-state index contributed by atoms with van der Waals surface area (Å²) < 4.78 is 0. The number of aryl methyl sites for hydroxylation is 1. The quantitative estimate of drug-likeness (QED) is 0.572. The van der Waals surface area contributed by atoms with E-state index in [2.05, 4.69) is 0 Å². The lowest BCUT2D eigenvalue weighted by Crippen LogP contribution is -2.57. The molecule has 5 rings (SSSR count). The van der Waals surface area contributed by atoms with E-state index < -0.39 is 24.1 Å². The van der Waals surface area contributed by atoms with Gasteiger partial charge in [0.2, 0.25) is 0 Å². The molecule has 1 atom stereocenters. The number of fused-ring (bicyclic) bond motifs is 1. The fourth-order valence-corrected chi connectivity index (χ4v) is 5.62. The van der Waals surface area contributed by atoms with Crippen molar-refractivity contribution in [1.82, 2.24) is 24.7 Å². The van der Waals surface area contributed by atoms with Gasteiger partial charge < -0.3 is 24.4 Å². The molecule has 1 aromatic carbocycles. The van der Waals surface area contributed by atoms with Crippen molar-refractivity contribution in [2.45, 2.75) is 44.6 Å². The van der Waals surface area contributed by atoms with Crippen molar-refractivity contribution < 1.29 is 24.0 Å². The zero-order valence-electron chi connectivity index (χ0n) is 20.3. The van der Waals surface area contributed by atoms with Crippen molar-refractivity contribution in [3.05, 3.63) is 34.9 Å². The molecular formula is C25H32ClN5O5. The summed E-state index contributed by atoms with van der Waals surface area (Å²) in [4.78, 5) is 62.9. The molecule has 0 bridgehead atoms. The molecule has 4 heterocycles. The van der Waals surface area contributed by atoms with E-state index in [9.17, 15) is 19.2 Å². The molecule has 11 heteroatoms. The largest absolute Gasteiger partial charge is 0.434 e. The average molecular weight is 518 g/mol. The van der Waals surface area contributed by atoms with Gasteiger partial charge in [0.05, 0.1) is 6.54 Å². The molecule has 1 aromatic rings. The van der Waals surface area contributed by atoms with Crippen LogP contribution in [0.1, 0.15) is 37.7 Å². The number of amides is 6. The number of piperidine rings is 1. The molecule has 0 aliphatic carbocycles. The smallest absolute Gasteiger partial charge is 0.325 e. The molecule has 0 saturated carbocycles. The molecule has 194 valence electrons. The van der Waals surface area contributed by atoms with E-state index in [0.717, 1.165) is 56.6 Å². The van der Waals surface area contributed by atoms with E-state index in [4.69, 9.17) is 16.4 Å². The van der Waals surface area contributed by atoms with Crippen LogP contribution in [0.3, 0.4) is 0 Å². The summed E-state index contributed by atoms with van der Waals surface area (Å²) in [7, 11) is 0. The fourth-order valence-electron chi connectivity index (χ4n) is 5.50. The maximum Gasteiger partial charge on any atom is 0.434 e. The van der Waals surface area contributed by atoms with Crippen LogP contribution in [0, 0.1) is 5.92 Å². The van der Waals surface area contributed by atoms with Crippen molar-refractivity contribution >= 4 is 35.7 Å². The van der Waals surface area contributed by atoms with E-state index in [-0.39, 0.29) is 19.1 Å². The number of hydrogen-bond acceptors (Lipinski definition) is 5. The van der Waals surface area contributed by atoms with Gasteiger partial charge in [-0.1, -0.05) is 28.8 Å². The molecule has 0 N–H and O–H groups in total. The summed E-state index contributed by atoms with van der Waals surface area (Å²) in [5, 5.41) is 1.31. The van der Waals surface area contributed by atoms with Crippen molar-refractivity contribution in [1.29, 1.82) is 0 Å². The minimum Gasteiger partial charge on any atom is -0.325 e. The predicted octanol–water partition coefficient (Wildman–Crippen LogP) is 3.20. The van der Waals surface area contributed by atoms with Crippen LogP contribution in [0.5, 0.6) is 0 Å². The van der Waals surface area contributed by atoms with Crippen LogP contribution in [-0.4, -0.2) is 101 Å². The number of carbonyl (C=O) groups excluding carboxylic acids is 4. The van der Waals surface area contributed by atoms with E-state index in [1.165, 1.54) is 10.5 Å². The van der Waals surface area contributed by atoms with Crippen LogP contribution in [-0.2, 0) is 16.1 Å². The lowest BCUT2D eigenvalue weighted by molar-refractivity contribution is -0.152. The first-order valence-corrected chi connectivity index (χ1v) is 13.2. The van der Waals surface area contributed by atoms with Crippen LogP contribution < -0.4 is 0 Å². The number of likely N-dealkylation sites (tertiary alicyclic amines) is 2. The number of halogens is 1. The monoisotopic (exact) mass is 517 g/mol. The molecule has 4 aliphatic rings. The summed E-state index contributed by atoms with van der Waals surface area (Å²) in [5.41, 5.74) is 1.24. The van der Waals surface area contributed by atoms with Gasteiger partial charge in [-0.05, 0) is 62.1 Å². The van der Waals surface area contributed by atoms with E-state index in [0.29, 0.717) is 30.6 Å². The van der Waals surface area contributed by atoms with Crippen molar-refractivity contribution in [2.75, 3.05) is 45.8 Å². The summed E-state index contributed by atoms with van der Waals surface area (Å²) in [5.74, 6) is -0.0991. The molecule has 0 aromatic heterocycles. The third-order valence-corrected chi connectivity index (χ3v) is 7.98. The Morgan fingerprint density at radius 1 is 0.889 bits per heavy atom. The van der Waals surface area contributed by atoms with Gasteiger partial charge in [-0.3, -0.25) is 4.79 Å². The number of hydroxylamine groups is 2. The van der Waals surface area contributed by atoms with Gasteiger partial charge in [0.15, 0.2) is 0 Å². The Morgan fingerprint density at radius 2 is 1.58 bits per heavy atom. The average Bonchev–Trinajstić information content (AvgIpc) is 3.52. The maximum absolute atomic E-state index is 13.0. The topological polar surface area (TPSA) is 93.7 Å².